The van der Waals surface area contributed by atoms with Crippen molar-refractivity contribution in [3.8, 4) is 23.0 Å². The third kappa shape index (κ3) is 6.40. The molecular formula is C28H34O9. The number of methoxy groups -OCH3 is 1. The van der Waals surface area contributed by atoms with Gasteiger partial charge in [-0.15, -0.1) is 0 Å². The van der Waals surface area contributed by atoms with Gasteiger partial charge in [0.1, 0.15) is 42.3 Å². The van der Waals surface area contributed by atoms with E-state index in [0.29, 0.717) is 46.8 Å². The number of aromatic hydroxyl groups is 1. The van der Waals surface area contributed by atoms with Crippen LogP contribution < -0.4 is 14.2 Å². The Morgan fingerprint density at radius 3 is 2.22 bits per heavy atom. The zero-order valence-corrected chi connectivity index (χ0v) is 21.7. The van der Waals surface area contributed by atoms with Crippen molar-refractivity contribution in [1.29, 1.82) is 0 Å². The number of ketones is 2. The zero-order chi connectivity index (χ0) is 27.1. The summed E-state index contributed by atoms with van der Waals surface area (Å²) in [5.74, 6) is -0.142. The first-order valence-corrected chi connectivity index (χ1v) is 12.4. The maximum Gasteiger partial charge on any atom is 0.354 e. The third-order valence-electron chi connectivity index (χ3n) is 6.09. The number of ether oxygens (including phenoxy) is 4. The van der Waals surface area contributed by atoms with E-state index in [-0.39, 0.29) is 42.5 Å². The fourth-order valence-corrected chi connectivity index (χ4v) is 4.27. The quantitative estimate of drug-likeness (QED) is 0.249. The molecule has 0 aromatic heterocycles. The zero-order valence-electron chi connectivity index (χ0n) is 21.7. The minimum atomic E-state index is -1.31. The molecule has 0 amide bonds. The number of Topliss-reactive ketones (excluding diaryl/α,β-unsaturated/α-hetero) is 2. The summed E-state index contributed by atoms with van der Waals surface area (Å²) in [5, 5.41) is 21.0. The molecule has 0 radical (unpaired) electrons. The predicted molar refractivity (Wildman–Crippen MR) is 135 cm³/mol. The molecule has 1 heterocycles. The average Bonchev–Trinajstić information content (AvgIpc) is 2.87. The number of esters is 1. The molecule has 2 aromatic carbocycles. The second kappa shape index (κ2) is 12.6. The molecule has 200 valence electrons. The maximum atomic E-state index is 12.3. The van der Waals surface area contributed by atoms with Gasteiger partial charge in [0.05, 0.1) is 12.7 Å². The highest BCUT2D eigenvalue weighted by molar-refractivity contribution is 6.04. The number of phenols is 1. The van der Waals surface area contributed by atoms with Crippen molar-refractivity contribution in [1.82, 2.24) is 0 Å². The van der Waals surface area contributed by atoms with Crippen molar-refractivity contribution in [3.05, 3.63) is 46.5 Å². The normalized spacial score (nSPS) is 15.4. The van der Waals surface area contributed by atoms with Crippen molar-refractivity contribution in [2.24, 2.45) is 0 Å². The van der Waals surface area contributed by atoms with Crippen LogP contribution in [0.25, 0.3) is 0 Å². The lowest BCUT2D eigenvalue weighted by molar-refractivity contribution is -0.154. The Bertz CT molecular complexity index is 1150. The number of fused-ring (bicyclic) bond motifs is 1. The second-order valence-corrected chi connectivity index (χ2v) is 8.97. The average molecular weight is 515 g/mol. The first-order chi connectivity index (χ1) is 17.7. The highest BCUT2D eigenvalue weighted by atomic mass is 16.6. The van der Waals surface area contributed by atoms with Gasteiger partial charge in [-0.1, -0.05) is 32.8 Å². The fourth-order valence-electron chi connectivity index (χ4n) is 4.27. The summed E-state index contributed by atoms with van der Waals surface area (Å²) in [6.45, 7) is 5.14. The first-order valence-electron chi connectivity index (χ1n) is 12.4. The van der Waals surface area contributed by atoms with E-state index in [1.54, 1.807) is 18.2 Å². The maximum absolute atomic E-state index is 12.3. The third-order valence-corrected chi connectivity index (χ3v) is 6.09. The van der Waals surface area contributed by atoms with Gasteiger partial charge in [-0.3, -0.25) is 9.59 Å². The van der Waals surface area contributed by atoms with Crippen molar-refractivity contribution < 1.29 is 43.5 Å². The molecule has 2 aromatic rings. The second-order valence-electron chi connectivity index (χ2n) is 8.97. The van der Waals surface area contributed by atoms with E-state index < -0.39 is 18.2 Å². The van der Waals surface area contributed by atoms with Crippen molar-refractivity contribution in [2.45, 2.75) is 65.1 Å². The van der Waals surface area contributed by atoms with Crippen molar-refractivity contribution in [2.75, 3.05) is 20.3 Å². The van der Waals surface area contributed by atoms with Crippen LogP contribution in [0.3, 0.4) is 0 Å². The Morgan fingerprint density at radius 1 is 1.03 bits per heavy atom. The summed E-state index contributed by atoms with van der Waals surface area (Å²) in [7, 11) is 1.20. The topological polar surface area (TPSA) is 129 Å². The van der Waals surface area contributed by atoms with Gasteiger partial charge in [0.15, 0.2) is 11.6 Å². The molecule has 1 aliphatic heterocycles. The molecule has 0 saturated carbocycles. The van der Waals surface area contributed by atoms with Gasteiger partial charge in [-0.05, 0) is 38.0 Å². The molecule has 2 N–H and O–H groups in total. The molecule has 0 spiro atoms. The molecule has 0 fully saturated rings. The summed E-state index contributed by atoms with van der Waals surface area (Å²) in [4.78, 5) is 36.1. The van der Waals surface area contributed by atoms with Crippen LogP contribution in [0.4, 0.5) is 0 Å². The SMILES string of the molecule is CCCc1c(OCC(O)COc2ccc3c(c2CCC)OC(C(=O)OC)C(=O)C3)ccc(C(C)=O)c1O. The van der Waals surface area contributed by atoms with Crippen LogP contribution in [-0.2, 0) is 33.6 Å². The molecule has 0 aliphatic carbocycles. The summed E-state index contributed by atoms with van der Waals surface area (Å²) in [6.07, 6.45) is 0.330. The molecule has 2 atom stereocenters. The van der Waals surface area contributed by atoms with Gasteiger partial charge in [0.2, 0.25) is 0 Å². The number of aliphatic hydroxyl groups is 1. The van der Waals surface area contributed by atoms with E-state index in [1.807, 2.05) is 13.8 Å². The van der Waals surface area contributed by atoms with Crippen LogP contribution >= 0.6 is 0 Å². The minimum absolute atomic E-state index is 0.0535. The number of carbonyl (C=O) groups is 3. The van der Waals surface area contributed by atoms with E-state index >= 15 is 0 Å². The Kier molecular flexibility index (Phi) is 9.52. The number of hydrogen-bond acceptors (Lipinski definition) is 9. The Hall–Kier alpha value is -3.59. The lowest BCUT2D eigenvalue weighted by Crippen LogP contribution is -2.41. The molecule has 37 heavy (non-hydrogen) atoms. The highest BCUT2D eigenvalue weighted by Gasteiger charge is 2.36. The lowest BCUT2D eigenvalue weighted by atomic mass is 9.95. The number of carbonyl (C=O) groups excluding carboxylic acids is 3. The fraction of sp³-hybridized carbons (Fsp3) is 0.464. The Balaban J connectivity index is 1.72. The molecule has 3 rings (SSSR count). The molecular weight excluding hydrogens is 480 g/mol. The predicted octanol–water partition coefficient (Wildman–Crippen LogP) is 3.36. The smallest absolute Gasteiger partial charge is 0.354 e. The number of phenolic OH excluding ortho intramolecular Hbond substituents is 1. The van der Waals surface area contributed by atoms with Crippen LogP contribution in [0.15, 0.2) is 24.3 Å². The molecule has 0 saturated heterocycles. The molecule has 1 aliphatic rings. The van der Waals surface area contributed by atoms with Gasteiger partial charge in [0.25, 0.3) is 6.10 Å². The van der Waals surface area contributed by atoms with Crippen LogP contribution in [0.2, 0.25) is 0 Å². The van der Waals surface area contributed by atoms with E-state index in [1.165, 1.54) is 20.1 Å². The van der Waals surface area contributed by atoms with E-state index in [4.69, 9.17) is 18.9 Å². The van der Waals surface area contributed by atoms with Gasteiger partial charge in [-0.25, -0.2) is 4.79 Å². The minimum Gasteiger partial charge on any atom is -0.507 e. The van der Waals surface area contributed by atoms with E-state index in [9.17, 15) is 24.6 Å². The summed E-state index contributed by atoms with van der Waals surface area (Å²) in [6, 6.07) is 6.57. The summed E-state index contributed by atoms with van der Waals surface area (Å²) < 4.78 is 22.1. The van der Waals surface area contributed by atoms with Crippen LogP contribution in [0.5, 0.6) is 23.0 Å². The number of benzene rings is 2. The lowest BCUT2D eigenvalue weighted by Gasteiger charge is -2.27. The number of rotatable bonds is 12. The highest BCUT2D eigenvalue weighted by Crippen LogP contribution is 2.38. The summed E-state index contributed by atoms with van der Waals surface area (Å²) >= 11 is 0. The van der Waals surface area contributed by atoms with Crippen LogP contribution in [0.1, 0.15) is 60.7 Å². The standard InChI is InChI=1S/C28H34O9/c1-5-7-20-23(12-10-19(16(3)29)25(20)32)35-14-18(30)15-36-24-11-9-17-13-22(31)27(28(33)34-4)37-26(17)21(24)8-6-2/h9-12,18,27,30,32H,5-8,13-15H2,1-4H3. The molecule has 0 bridgehead atoms. The van der Waals surface area contributed by atoms with Crippen molar-refractivity contribution in [3.63, 3.8) is 0 Å². The molecule has 2 unspecified atom stereocenters. The first kappa shape index (κ1) is 28.0. The van der Waals surface area contributed by atoms with Gasteiger partial charge >= 0.3 is 5.97 Å². The number of aliphatic hydroxyl groups excluding tert-OH is 1. The van der Waals surface area contributed by atoms with E-state index in [2.05, 4.69) is 0 Å². The van der Waals surface area contributed by atoms with E-state index in [0.717, 1.165) is 12.8 Å². The van der Waals surface area contributed by atoms with Gasteiger partial charge in [-0.2, -0.15) is 0 Å². The van der Waals surface area contributed by atoms with Crippen LogP contribution in [-0.4, -0.2) is 60.3 Å². The monoisotopic (exact) mass is 514 g/mol. The van der Waals surface area contributed by atoms with Crippen molar-refractivity contribution >= 4 is 17.5 Å². The molecule has 9 heteroatoms. The Morgan fingerprint density at radius 2 is 1.62 bits per heavy atom. The number of hydrogen-bond donors (Lipinski definition) is 2. The summed E-state index contributed by atoms with van der Waals surface area (Å²) in [5.41, 5.74) is 2.13. The van der Waals surface area contributed by atoms with Gasteiger partial charge < -0.3 is 29.2 Å². The Labute approximate surface area is 216 Å². The van der Waals surface area contributed by atoms with Gasteiger partial charge in [0, 0.05) is 23.1 Å². The largest absolute Gasteiger partial charge is 0.507 e. The van der Waals surface area contributed by atoms with Crippen LogP contribution in [0, 0.1) is 0 Å². The molecule has 9 nitrogen and oxygen atoms in total.